The molecule has 2 aliphatic rings. The monoisotopic (exact) mass is 672 g/mol. The summed E-state index contributed by atoms with van der Waals surface area (Å²) in [4.78, 5) is 2.89. The molecule has 0 radical (unpaired) electrons. The first-order chi connectivity index (χ1) is 18.6. The van der Waals surface area contributed by atoms with Gasteiger partial charge in [-0.3, -0.25) is 0 Å². The predicted molar refractivity (Wildman–Crippen MR) is 179 cm³/mol. The summed E-state index contributed by atoms with van der Waals surface area (Å²) in [5, 5.41) is 0. The van der Waals surface area contributed by atoms with E-state index in [-0.39, 0.29) is 0 Å². The van der Waals surface area contributed by atoms with Crippen LogP contribution in [0.4, 0.5) is 0 Å². The van der Waals surface area contributed by atoms with Crippen LogP contribution in [0.5, 0.6) is 0 Å². The van der Waals surface area contributed by atoms with Crippen LogP contribution in [0, 0.1) is 0 Å². The third kappa shape index (κ3) is 8.05. The van der Waals surface area contributed by atoms with Gasteiger partial charge in [0.1, 0.15) is 0 Å². The van der Waals surface area contributed by atoms with Crippen molar-refractivity contribution in [1.82, 2.24) is 0 Å². The molecular weight excluding hydrogens is 632 g/mol. The van der Waals surface area contributed by atoms with E-state index in [0.29, 0.717) is 0 Å². The lowest BCUT2D eigenvalue weighted by Gasteiger charge is -2.06. The van der Waals surface area contributed by atoms with E-state index < -0.39 is 0 Å². The first-order valence-electron chi connectivity index (χ1n) is 14.7. The zero-order chi connectivity index (χ0) is 26.7. The SMILES string of the molecule is CCCCCCCCc1cc(Br)sc1-c1cc(-c2sc(Br)cc2CCCCCCCC)c2cccccc1-2. The van der Waals surface area contributed by atoms with Crippen LogP contribution in [-0.2, 0) is 12.8 Å². The Kier molecular flexibility index (Phi) is 12.4. The molecule has 0 saturated carbocycles. The normalized spacial score (nSPS) is 11.6. The van der Waals surface area contributed by atoms with Crippen LogP contribution in [-0.4, -0.2) is 0 Å². The van der Waals surface area contributed by atoms with Crippen molar-refractivity contribution in [2.75, 3.05) is 0 Å². The Hall–Kier alpha value is -0.940. The van der Waals surface area contributed by atoms with Crippen molar-refractivity contribution in [3.05, 3.63) is 67.2 Å². The summed E-state index contributed by atoms with van der Waals surface area (Å²) in [7, 11) is 0. The summed E-state index contributed by atoms with van der Waals surface area (Å²) < 4.78 is 2.49. The zero-order valence-electron chi connectivity index (χ0n) is 23.1. The van der Waals surface area contributed by atoms with Gasteiger partial charge >= 0.3 is 0 Å². The summed E-state index contributed by atoms with van der Waals surface area (Å²) >= 11 is 11.5. The first kappa shape index (κ1) is 30.0. The highest BCUT2D eigenvalue weighted by Crippen LogP contribution is 2.50. The van der Waals surface area contributed by atoms with Gasteiger partial charge in [0.15, 0.2) is 0 Å². The lowest BCUT2D eigenvalue weighted by molar-refractivity contribution is 0.608. The van der Waals surface area contributed by atoms with Crippen molar-refractivity contribution in [3.8, 4) is 32.0 Å². The van der Waals surface area contributed by atoms with E-state index in [2.05, 4.69) is 94.2 Å². The molecule has 38 heavy (non-hydrogen) atoms. The number of fused-ring (bicyclic) bond motifs is 1. The molecule has 2 heterocycles. The van der Waals surface area contributed by atoms with Gasteiger partial charge in [-0.15, -0.1) is 22.7 Å². The van der Waals surface area contributed by atoms with Crippen LogP contribution < -0.4 is 0 Å². The van der Waals surface area contributed by atoms with Crippen molar-refractivity contribution in [1.29, 1.82) is 0 Å². The Morgan fingerprint density at radius 2 is 0.921 bits per heavy atom. The quantitative estimate of drug-likeness (QED) is 0.104. The molecule has 0 unspecified atom stereocenters. The van der Waals surface area contributed by atoms with Gasteiger partial charge in [-0.1, -0.05) is 108 Å². The summed E-state index contributed by atoms with van der Waals surface area (Å²) in [5.41, 5.74) is 8.55. The molecule has 0 atom stereocenters. The maximum atomic E-state index is 3.83. The fourth-order valence-corrected chi connectivity index (χ4v) is 8.96. The Morgan fingerprint density at radius 1 is 0.500 bits per heavy atom. The second-order valence-corrected chi connectivity index (χ2v) is 15.4. The maximum absolute atomic E-state index is 3.83. The molecule has 0 spiro atoms. The van der Waals surface area contributed by atoms with E-state index >= 15 is 0 Å². The largest absolute Gasteiger partial charge is 0.128 e. The number of unbranched alkanes of at least 4 members (excludes halogenated alkanes) is 10. The number of thiophene rings is 2. The smallest absolute Gasteiger partial charge is 0.0707 e. The maximum Gasteiger partial charge on any atom is 0.0707 e. The average molecular weight is 675 g/mol. The summed E-state index contributed by atoms with van der Waals surface area (Å²) in [6, 6.07) is 18.5. The van der Waals surface area contributed by atoms with Crippen LogP contribution in [0.25, 0.3) is 32.0 Å². The molecule has 204 valence electrons. The first-order valence-corrected chi connectivity index (χ1v) is 17.9. The van der Waals surface area contributed by atoms with Crippen LogP contribution in [0.15, 0.2) is 56.1 Å². The van der Waals surface area contributed by atoms with Crippen molar-refractivity contribution < 1.29 is 0 Å². The van der Waals surface area contributed by atoms with Gasteiger partial charge in [-0.2, -0.15) is 0 Å². The van der Waals surface area contributed by atoms with E-state index in [1.807, 2.05) is 22.7 Å². The van der Waals surface area contributed by atoms with Gasteiger partial charge in [-0.05, 0) is 98.0 Å². The number of hydrogen-bond donors (Lipinski definition) is 0. The molecule has 4 heteroatoms. The minimum absolute atomic E-state index is 1.17. The Bertz CT molecular complexity index is 1140. The van der Waals surface area contributed by atoms with Gasteiger partial charge in [0.2, 0.25) is 0 Å². The van der Waals surface area contributed by atoms with Gasteiger partial charge < -0.3 is 0 Å². The Morgan fingerprint density at radius 3 is 1.37 bits per heavy atom. The lowest BCUT2D eigenvalue weighted by atomic mass is 10.0. The second kappa shape index (κ2) is 15.7. The highest BCUT2D eigenvalue weighted by molar-refractivity contribution is 9.11. The van der Waals surface area contributed by atoms with Crippen molar-refractivity contribution >= 4 is 54.5 Å². The molecule has 0 fully saturated rings. The molecule has 0 saturated heterocycles. The standard InChI is InChI=1S/C34H42Br2S2/c1-3-5-7-9-11-14-18-25-22-31(35)37-33(25)29-24-30(28-21-17-13-16-20-27(28)29)34-26(23-32(36)38-34)19-15-12-10-8-6-4-2/h13,16-17,20-24H,3-12,14-15,18-19H2,1-2H3. The minimum Gasteiger partial charge on any atom is -0.128 e. The average Bonchev–Trinajstić information content (AvgIpc) is 3.51. The molecule has 0 N–H and O–H groups in total. The molecule has 0 nitrogen and oxygen atoms in total. The van der Waals surface area contributed by atoms with Crippen molar-refractivity contribution in [3.63, 3.8) is 0 Å². The molecule has 2 aliphatic carbocycles. The van der Waals surface area contributed by atoms with Crippen LogP contribution in [0.1, 0.15) is 102 Å². The van der Waals surface area contributed by atoms with E-state index in [9.17, 15) is 0 Å². The van der Waals surface area contributed by atoms with E-state index in [4.69, 9.17) is 0 Å². The fraction of sp³-hybridized carbons (Fsp3) is 0.471. The fourth-order valence-electron chi connectivity index (χ4n) is 5.50. The molecule has 0 bridgehead atoms. The molecule has 0 aliphatic heterocycles. The lowest BCUT2D eigenvalue weighted by Crippen LogP contribution is -1.87. The number of hydrogen-bond acceptors (Lipinski definition) is 2. The third-order valence-corrected chi connectivity index (χ3v) is 11.0. The van der Waals surface area contributed by atoms with Crippen LogP contribution >= 0.6 is 54.5 Å². The van der Waals surface area contributed by atoms with E-state index in [1.165, 1.54) is 141 Å². The van der Waals surface area contributed by atoms with E-state index in [1.54, 1.807) is 0 Å². The summed E-state index contributed by atoms with van der Waals surface area (Å²) in [6.45, 7) is 4.58. The number of halogens is 2. The Labute approximate surface area is 255 Å². The number of rotatable bonds is 16. The summed E-state index contributed by atoms with van der Waals surface area (Å²) in [5.74, 6) is 0. The van der Waals surface area contributed by atoms with Crippen molar-refractivity contribution in [2.45, 2.75) is 104 Å². The molecule has 2 aromatic rings. The highest BCUT2D eigenvalue weighted by atomic mass is 79.9. The van der Waals surface area contributed by atoms with Gasteiger partial charge in [-0.25, -0.2) is 0 Å². The van der Waals surface area contributed by atoms with Gasteiger partial charge in [0.25, 0.3) is 0 Å². The third-order valence-electron chi connectivity index (χ3n) is 7.55. The number of aryl methyl sites for hydroxylation is 2. The predicted octanol–water partition coefficient (Wildman–Crippen LogP) is 13.6. The zero-order valence-corrected chi connectivity index (χ0v) is 27.9. The molecular formula is C34H42Br2S2. The Balaban J connectivity index is 1.61. The minimum atomic E-state index is 1.17. The molecule has 0 aromatic carbocycles. The van der Waals surface area contributed by atoms with Gasteiger partial charge in [0.05, 0.1) is 7.57 Å². The van der Waals surface area contributed by atoms with Crippen LogP contribution in [0.2, 0.25) is 0 Å². The second-order valence-electron chi connectivity index (χ2n) is 10.6. The highest BCUT2D eigenvalue weighted by Gasteiger charge is 2.23. The molecule has 0 amide bonds. The molecule has 2 aromatic heterocycles. The summed E-state index contributed by atoms with van der Waals surface area (Å²) in [6.07, 6.45) is 18.4. The molecule has 4 rings (SSSR count). The topological polar surface area (TPSA) is 0 Å². The van der Waals surface area contributed by atoms with E-state index in [0.717, 1.165) is 0 Å². The van der Waals surface area contributed by atoms with Crippen molar-refractivity contribution in [2.24, 2.45) is 0 Å². The van der Waals surface area contributed by atoms with Crippen LogP contribution in [0.3, 0.4) is 0 Å². The van der Waals surface area contributed by atoms with Gasteiger partial charge in [0, 0.05) is 20.9 Å².